The highest BCUT2D eigenvalue weighted by Gasteiger charge is 2.30. The molecule has 1 saturated heterocycles. The largest absolute Gasteiger partial charge is 0.416 e. The van der Waals surface area contributed by atoms with E-state index in [0.717, 1.165) is 44.1 Å². The first-order valence-corrected chi connectivity index (χ1v) is 9.38. The Morgan fingerprint density at radius 1 is 1.08 bits per heavy atom. The Morgan fingerprint density at radius 3 is 2.46 bits per heavy atom. The van der Waals surface area contributed by atoms with E-state index in [-0.39, 0.29) is 0 Å². The Morgan fingerprint density at radius 2 is 1.81 bits per heavy atom. The van der Waals surface area contributed by atoms with Crippen molar-refractivity contribution in [3.63, 3.8) is 0 Å². The summed E-state index contributed by atoms with van der Waals surface area (Å²) in [5.74, 6) is 1.27. The standard InChI is InChI=1S/C17H20F3N5S/c1-24-6-8-25(9-7-24)15-11-14(22-16(23-15)26-2)21-13-5-3-4-12(10-13)17(18,19)20/h3-5,10-11H,6-9H2,1-2H3,(H,21,22,23). The summed E-state index contributed by atoms with van der Waals surface area (Å²) in [6, 6.07) is 6.88. The molecule has 1 aromatic carbocycles. The first-order chi connectivity index (χ1) is 12.3. The van der Waals surface area contributed by atoms with E-state index in [1.54, 1.807) is 12.1 Å². The van der Waals surface area contributed by atoms with Crippen LogP contribution in [0, 0.1) is 0 Å². The second-order valence-corrected chi connectivity index (χ2v) is 6.87. The molecule has 0 radical (unpaired) electrons. The van der Waals surface area contributed by atoms with E-state index in [1.807, 2.05) is 6.26 Å². The van der Waals surface area contributed by atoms with Gasteiger partial charge >= 0.3 is 6.18 Å². The summed E-state index contributed by atoms with van der Waals surface area (Å²) in [5, 5.41) is 3.56. The number of thioether (sulfide) groups is 1. The maximum absolute atomic E-state index is 12.9. The van der Waals surface area contributed by atoms with Crippen LogP contribution in [0.15, 0.2) is 35.5 Å². The number of rotatable bonds is 4. The van der Waals surface area contributed by atoms with Crippen molar-refractivity contribution < 1.29 is 13.2 Å². The number of hydrogen-bond donors (Lipinski definition) is 1. The molecule has 1 N–H and O–H groups in total. The summed E-state index contributed by atoms with van der Waals surface area (Å²) in [7, 11) is 2.07. The smallest absolute Gasteiger partial charge is 0.354 e. The van der Waals surface area contributed by atoms with Crippen LogP contribution in [-0.2, 0) is 6.18 Å². The van der Waals surface area contributed by atoms with Gasteiger partial charge in [-0.05, 0) is 31.5 Å². The Hall–Kier alpha value is -2.00. The van der Waals surface area contributed by atoms with Crippen LogP contribution in [0.2, 0.25) is 0 Å². The fourth-order valence-electron chi connectivity index (χ4n) is 2.69. The summed E-state index contributed by atoms with van der Waals surface area (Å²) in [5.41, 5.74) is -0.351. The summed E-state index contributed by atoms with van der Waals surface area (Å²) in [6.07, 6.45) is -2.50. The lowest BCUT2D eigenvalue weighted by Gasteiger charge is -2.33. The molecule has 0 bridgehead atoms. The average molecular weight is 383 g/mol. The van der Waals surface area contributed by atoms with Crippen molar-refractivity contribution in [2.24, 2.45) is 0 Å². The van der Waals surface area contributed by atoms with Crippen molar-refractivity contribution in [2.75, 3.05) is 49.7 Å². The molecule has 0 unspecified atom stereocenters. The first kappa shape index (κ1) is 18.8. The van der Waals surface area contributed by atoms with E-state index < -0.39 is 11.7 Å². The van der Waals surface area contributed by atoms with Gasteiger partial charge < -0.3 is 15.1 Å². The van der Waals surface area contributed by atoms with Crippen molar-refractivity contribution >= 4 is 29.1 Å². The minimum Gasteiger partial charge on any atom is -0.354 e. The van der Waals surface area contributed by atoms with Gasteiger partial charge in [0.25, 0.3) is 0 Å². The van der Waals surface area contributed by atoms with Crippen LogP contribution in [0.1, 0.15) is 5.56 Å². The van der Waals surface area contributed by atoms with Crippen LogP contribution in [0.3, 0.4) is 0 Å². The number of alkyl halides is 3. The SMILES string of the molecule is CSc1nc(Nc2cccc(C(F)(F)F)c2)cc(N2CCN(C)CC2)n1. The van der Waals surface area contributed by atoms with Crippen molar-refractivity contribution in [3.8, 4) is 0 Å². The maximum atomic E-state index is 12.9. The number of nitrogens with one attached hydrogen (secondary N) is 1. The monoisotopic (exact) mass is 383 g/mol. The number of benzene rings is 1. The molecule has 1 fully saturated rings. The van der Waals surface area contributed by atoms with Gasteiger partial charge in [0.15, 0.2) is 5.16 Å². The summed E-state index contributed by atoms with van der Waals surface area (Å²) in [4.78, 5) is 13.3. The topological polar surface area (TPSA) is 44.3 Å². The van der Waals surface area contributed by atoms with Gasteiger partial charge in [0.2, 0.25) is 0 Å². The Kier molecular flexibility index (Phi) is 5.57. The molecule has 5 nitrogen and oxygen atoms in total. The molecule has 140 valence electrons. The number of aromatic nitrogens is 2. The van der Waals surface area contributed by atoms with Crippen LogP contribution < -0.4 is 10.2 Å². The minimum atomic E-state index is -4.38. The molecule has 3 rings (SSSR count). The van der Waals surface area contributed by atoms with Crippen molar-refractivity contribution in [1.82, 2.24) is 14.9 Å². The first-order valence-electron chi connectivity index (χ1n) is 8.16. The predicted octanol–water partition coefficient (Wildman–Crippen LogP) is 3.71. The molecule has 9 heteroatoms. The second kappa shape index (κ2) is 7.71. The number of nitrogens with zero attached hydrogens (tertiary/aromatic N) is 4. The van der Waals surface area contributed by atoms with E-state index in [2.05, 4.69) is 32.1 Å². The zero-order valence-corrected chi connectivity index (χ0v) is 15.4. The van der Waals surface area contributed by atoms with Gasteiger partial charge in [0.05, 0.1) is 5.56 Å². The third kappa shape index (κ3) is 4.59. The number of likely N-dealkylation sites (N-methyl/N-ethyl adjacent to an activating group) is 1. The van der Waals surface area contributed by atoms with Gasteiger partial charge in [0, 0.05) is 37.9 Å². The zero-order chi connectivity index (χ0) is 18.7. The van der Waals surface area contributed by atoms with Crippen molar-refractivity contribution in [2.45, 2.75) is 11.3 Å². The van der Waals surface area contributed by atoms with Crippen LogP contribution in [-0.4, -0.2) is 54.4 Å². The van der Waals surface area contributed by atoms with Crippen LogP contribution in [0.25, 0.3) is 0 Å². The fraction of sp³-hybridized carbons (Fsp3) is 0.412. The summed E-state index contributed by atoms with van der Waals surface area (Å²) >= 11 is 1.40. The molecular weight excluding hydrogens is 363 g/mol. The Labute approximate surface area is 154 Å². The molecule has 0 aliphatic carbocycles. The summed E-state index contributed by atoms with van der Waals surface area (Å²) in [6.45, 7) is 3.58. The normalized spacial score (nSPS) is 16.0. The number of halogens is 3. The van der Waals surface area contributed by atoms with E-state index in [9.17, 15) is 13.2 Å². The third-order valence-corrected chi connectivity index (χ3v) is 4.71. The molecule has 0 amide bonds. The van der Waals surface area contributed by atoms with E-state index in [0.29, 0.717) is 16.7 Å². The van der Waals surface area contributed by atoms with Crippen LogP contribution in [0.5, 0.6) is 0 Å². The number of hydrogen-bond acceptors (Lipinski definition) is 6. The third-order valence-electron chi connectivity index (χ3n) is 4.16. The van der Waals surface area contributed by atoms with Gasteiger partial charge in [-0.3, -0.25) is 0 Å². The second-order valence-electron chi connectivity index (χ2n) is 6.09. The highest BCUT2D eigenvalue weighted by Crippen LogP contribution is 2.31. The lowest BCUT2D eigenvalue weighted by molar-refractivity contribution is -0.137. The Bertz CT molecular complexity index is 760. The minimum absolute atomic E-state index is 0.343. The number of anilines is 3. The van der Waals surface area contributed by atoms with Crippen LogP contribution in [0.4, 0.5) is 30.5 Å². The predicted molar refractivity (Wildman–Crippen MR) is 98.2 cm³/mol. The van der Waals surface area contributed by atoms with Gasteiger partial charge in [-0.2, -0.15) is 13.2 Å². The molecular formula is C17H20F3N5S. The molecule has 2 heterocycles. The fourth-order valence-corrected chi connectivity index (χ4v) is 3.06. The number of piperazine rings is 1. The van der Waals surface area contributed by atoms with E-state index in [4.69, 9.17) is 0 Å². The molecule has 1 aromatic heterocycles. The van der Waals surface area contributed by atoms with E-state index in [1.165, 1.54) is 17.8 Å². The highest BCUT2D eigenvalue weighted by molar-refractivity contribution is 7.98. The van der Waals surface area contributed by atoms with Gasteiger partial charge in [-0.25, -0.2) is 9.97 Å². The quantitative estimate of drug-likeness (QED) is 0.641. The van der Waals surface area contributed by atoms with Gasteiger partial charge in [-0.15, -0.1) is 0 Å². The van der Waals surface area contributed by atoms with Gasteiger partial charge in [-0.1, -0.05) is 17.8 Å². The molecule has 2 aromatic rings. The lowest BCUT2D eigenvalue weighted by atomic mass is 10.2. The molecule has 1 aliphatic rings. The van der Waals surface area contributed by atoms with E-state index >= 15 is 0 Å². The highest BCUT2D eigenvalue weighted by atomic mass is 32.2. The zero-order valence-electron chi connectivity index (χ0n) is 14.5. The summed E-state index contributed by atoms with van der Waals surface area (Å²) < 4.78 is 38.7. The lowest BCUT2D eigenvalue weighted by Crippen LogP contribution is -2.44. The van der Waals surface area contributed by atoms with Crippen LogP contribution >= 0.6 is 11.8 Å². The molecule has 0 atom stereocenters. The van der Waals surface area contributed by atoms with Crippen molar-refractivity contribution in [1.29, 1.82) is 0 Å². The molecule has 1 aliphatic heterocycles. The van der Waals surface area contributed by atoms with Gasteiger partial charge in [0.1, 0.15) is 11.6 Å². The molecule has 0 saturated carbocycles. The Balaban J connectivity index is 1.85. The molecule has 0 spiro atoms. The average Bonchev–Trinajstić information content (AvgIpc) is 2.61. The molecule has 26 heavy (non-hydrogen) atoms. The van der Waals surface area contributed by atoms with Crippen molar-refractivity contribution in [3.05, 3.63) is 35.9 Å². The maximum Gasteiger partial charge on any atom is 0.416 e.